The van der Waals surface area contributed by atoms with Crippen molar-refractivity contribution in [2.24, 2.45) is 10.9 Å². The zero-order valence-electron chi connectivity index (χ0n) is 17.5. The number of fused-ring (bicyclic) bond motifs is 1. The van der Waals surface area contributed by atoms with E-state index in [-0.39, 0.29) is 11.4 Å². The topological polar surface area (TPSA) is 214 Å². The number of hydrogen-bond donors (Lipinski definition) is 4. The van der Waals surface area contributed by atoms with Gasteiger partial charge in [-0.25, -0.2) is 27.0 Å². The number of H-pyrrole nitrogens is 1. The first-order chi connectivity index (χ1) is 15.3. The van der Waals surface area contributed by atoms with Gasteiger partial charge in [0.1, 0.15) is 4.90 Å². The number of nitrogens with two attached hydrogens (primary N) is 3. The lowest BCUT2D eigenvalue weighted by Gasteiger charge is -2.21. The molecule has 0 bridgehead atoms. The van der Waals surface area contributed by atoms with Gasteiger partial charge in [0.05, 0.1) is 26.4 Å². The number of primary sulfonamides is 1. The largest absolute Gasteiger partial charge is 0.375 e. The van der Waals surface area contributed by atoms with Gasteiger partial charge in [-0.1, -0.05) is 29.5 Å². The maximum atomic E-state index is 13.2. The molecule has 2 heterocycles. The van der Waals surface area contributed by atoms with Crippen LogP contribution in [-0.2, 0) is 19.9 Å². The summed E-state index contributed by atoms with van der Waals surface area (Å²) in [5, 5.41) is 19.4. The molecule has 0 aliphatic heterocycles. The monoisotopic (exact) mass is 508 g/mol. The van der Waals surface area contributed by atoms with Crippen LogP contribution >= 0.6 is 11.3 Å². The van der Waals surface area contributed by atoms with E-state index in [2.05, 4.69) is 25.6 Å². The maximum absolute atomic E-state index is 13.2. The van der Waals surface area contributed by atoms with Crippen LogP contribution in [0, 0.1) is 0 Å². The number of para-hydroxylation sites is 1. The van der Waals surface area contributed by atoms with Crippen LogP contribution in [0.1, 0.15) is 13.8 Å². The van der Waals surface area contributed by atoms with E-state index in [0.717, 1.165) is 4.70 Å². The lowest BCUT2D eigenvalue weighted by atomic mass is 9.98. The second-order valence-electron chi connectivity index (χ2n) is 8.05. The van der Waals surface area contributed by atoms with Crippen molar-refractivity contribution in [3.8, 4) is 22.5 Å². The molecule has 0 atom stereocenters. The number of aromatic amines is 1. The van der Waals surface area contributed by atoms with Gasteiger partial charge in [-0.05, 0) is 36.8 Å². The lowest BCUT2D eigenvalue weighted by molar-refractivity contribution is 0.541. The summed E-state index contributed by atoms with van der Waals surface area (Å²) in [5.41, 5.74) is 11.8. The number of nitrogens with one attached hydrogen (secondary N) is 1. The molecule has 7 N–H and O–H groups in total. The van der Waals surface area contributed by atoms with E-state index in [0.29, 0.717) is 21.8 Å². The van der Waals surface area contributed by atoms with Crippen LogP contribution in [0.2, 0.25) is 0 Å². The highest BCUT2D eigenvalue weighted by Gasteiger charge is 2.34. The van der Waals surface area contributed by atoms with Crippen molar-refractivity contribution < 1.29 is 16.8 Å². The molecule has 12 nitrogen and oxygen atoms in total. The Labute approximate surface area is 193 Å². The lowest BCUT2D eigenvalue weighted by Crippen LogP contribution is -2.40. The minimum Gasteiger partial charge on any atom is -0.375 e. The summed E-state index contributed by atoms with van der Waals surface area (Å²) in [6.07, 6.45) is 0. The molecule has 0 radical (unpaired) electrons. The van der Waals surface area contributed by atoms with Crippen molar-refractivity contribution in [1.29, 1.82) is 0 Å². The Morgan fingerprint density at radius 2 is 1.82 bits per heavy atom. The molecule has 15 heteroatoms. The molecule has 0 aliphatic rings. The molecule has 174 valence electrons. The molecule has 0 amide bonds. The predicted octanol–water partition coefficient (Wildman–Crippen LogP) is 0.884. The standard InChI is InChI=1S/C18H20N8O4S3/c1-18(2,20)8-32(27,28)12-7-6-9(10-4-3-5-11-14(10)22-17(19)31-11)13(15(12)33(21,29)30)16-23-25-26-24-16/h3-7H,8,20H2,1-2H3,(H2,19,22)(H2,21,29,30)(H,23,24,25,26). The number of tetrazole rings is 1. The molecule has 0 saturated heterocycles. The van der Waals surface area contributed by atoms with E-state index in [1.165, 1.54) is 37.3 Å². The molecule has 0 spiro atoms. The first-order valence-electron chi connectivity index (χ1n) is 9.38. The number of nitrogens with zero attached hydrogens (tertiary/aromatic N) is 4. The van der Waals surface area contributed by atoms with Crippen molar-refractivity contribution in [3.63, 3.8) is 0 Å². The summed E-state index contributed by atoms with van der Waals surface area (Å²) >= 11 is 1.25. The fourth-order valence-electron chi connectivity index (χ4n) is 3.56. The second-order valence-corrected chi connectivity index (χ2v) is 12.6. The molecule has 2 aromatic carbocycles. The number of nitrogen functional groups attached to an aromatic ring is 1. The number of aromatic nitrogens is 5. The average Bonchev–Trinajstić information content (AvgIpc) is 3.32. The third-order valence-corrected chi connectivity index (χ3v) is 8.70. The number of rotatable bonds is 6. The minimum absolute atomic E-state index is 0.124. The summed E-state index contributed by atoms with van der Waals surface area (Å²) in [6, 6.07) is 7.90. The third-order valence-electron chi connectivity index (χ3n) is 4.60. The number of anilines is 1. The van der Waals surface area contributed by atoms with E-state index in [1.54, 1.807) is 12.1 Å². The van der Waals surface area contributed by atoms with Gasteiger partial charge in [-0.2, -0.15) is 5.21 Å². The highest BCUT2D eigenvalue weighted by atomic mass is 32.2. The van der Waals surface area contributed by atoms with Gasteiger partial charge in [0, 0.05) is 11.1 Å². The fraction of sp³-hybridized carbons (Fsp3) is 0.222. The molecular weight excluding hydrogens is 488 g/mol. The highest BCUT2D eigenvalue weighted by molar-refractivity contribution is 7.93. The molecule has 4 rings (SSSR count). The van der Waals surface area contributed by atoms with Gasteiger partial charge in [-0.15, -0.1) is 10.2 Å². The van der Waals surface area contributed by atoms with E-state index < -0.39 is 40.9 Å². The normalized spacial score (nSPS) is 13.0. The Morgan fingerprint density at radius 3 is 2.42 bits per heavy atom. The van der Waals surface area contributed by atoms with E-state index in [1.807, 2.05) is 6.07 Å². The van der Waals surface area contributed by atoms with Gasteiger partial charge < -0.3 is 11.5 Å². The molecular formula is C18H20N8O4S3. The van der Waals surface area contributed by atoms with Crippen LogP contribution < -0.4 is 16.6 Å². The number of sulfone groups is 1. The summed E-state index contributed by atoms with van der Waals surface area (Å²) < 4.78 is 52.8. The summed E-state index contributed by atoms with van der Waals surface area (Å²) in [5.74, 6) is -0.676. The van der Waals surface area contributed by atoms with Gasteiger partial charge in [0.25, 0.3) is 0 Å². The van der Waals surface area contributed by atoms with Crippen molar-refractivity contribution in [1.82, 2.24) is 25.6 Å². The number of thiazole rings is 1. The van der Waals surface area contributed by atoms with Crippen LogP contribution in [-0.4, -0.2) is 53.7 Å². The van der Waals surface area contributed by atoms with Gasteiger partial charge in [0.15, 0.2) is 15.0 Å². The van der Waals surface area contributed by atoms with Crippen LogP contribution in [0.3, 0.4) is 0 Å². The van der Waals surface area contributed by atoms with E-state index in [9.17, 15) is 16.8 Å². The molecule has 0 saturated carbocycles. The maximum Gasteiger partial charge on any atom is 0.240 e. The average molecular weight is 509 g/mol. The third kappa shape index (κ3) is 4.45. The van der Waals surface area contributed by atoms with E-state index in [4.69, 9.17) is 16.6 Å². The molecule has 2 aromatic heterocycles. The van der Waals surface area contributed by atoms with Gasteiger partial charge in [-0.3, -0.25) is 0 Å². The Bertz CT molecular complexity index is 1570. The molecule has 0 unspecified atom stereocenters. The smallest absolute Gasteiger partial charge is 0.240 e. The first-order valence-corrected chi connectivity index (χ1v) is 13.4. The van der Waals surface area contributed by atoms with Crippen molar-refractivity contribution in [2.45, 2.75) is 29.2 Å². The van der Waals surface area contributed by atoms with Crippen LogP contribution in [0.5, 0.6) is 0 Å². The first kappa shape index (κ1) is 23.2. The van der Waals surface area contributed by atoms with Gasteiger partial charge in [0.2, 0.25) is 15.8 Å². The number of hydrogen-bond acceptors (Lipinski definition) is 11. The van der Waals surface area contributed by atoms with Crippen molar-refractivity contribution in [2.75, 3.05) is 11.5 Å². The summed E-state index contributed by atoms with van der Waals surface area (Å²) in [4.78, 5) is 3.19. The molecule has 4 aromatic rings. The quantitative estimate of drug-likeness (QED) is 0.288. The predicted molar refractivity (Wildman–Crippen MR) is 124 cm³/mol. The second kappa shape index (κ2) is 7.81. The Hall–Kier alpha value is -2.98. The van der Waals surface area contributed by atoms with Crippen LogP contribution in [0.4, 0.5) is 5.13 Å². The molecule has 33 heavy (non-hydrogen) atoms. The fourth-order valence-corrected chi connectivity index (χ4v) is 7.68. The highest BCUT2D eigenvalue weighted by Crippen LogP contribution is 2.42. The Balaban J connectivity index is 2.15. The Kier molecular flexibility index (Phi) is 5.49. The summed E-state index contributed by atoms with van der Waals surface area (Å²) in [6.45, 7) is 3.03. The van der Waals surface area contributed by atoms with Gasteiger partial charge >= 0.3 is 0 Å². The zero-order valence-corrected chi connectivity index (χ0v) is 19.9. The molecule has 0 aliphatic carbocycles. The summed E-state index contributed by atoms with van der Waals surface area (Å²) in [7, 11) is -8.78. The Morgan fingerprint density at radius 1 is 1.09 bits per heavy atom. The number of benzene rings is 2. The van der Waals surface area contributed by atoms with E-state index >= 15 is 0 Å². The van der Waals surface area contributed by atoms with Crippen LogP contribution in [0.15, 0.2) is 40.1 Å². The SMILES string of the molecule is CC(C)(N)CS(=O)(=O)c1ccc(-c2cccc3sc(N)nc23)c(-c2nn[nH]n2)c1S(N)(=O)=O. The zero-order chi connectivity index (χ0) is 24.2. The van der Waals surface area contributed by atoms with Crippen LogP contribution in [0.25, 0.3) is 32.7 Å². The van der Waals surface area contributed by atoms with Crippen molar-refractivity contribution >= 4 is 46.5 Å². The minimum atomic E-state index is -4.59. The van der Waals surface area contributed by atoms with Crippen molar-refractivity contribution in [3.05, 3.63) is 30.3 Å². The molecule has 0 fully saturated rings. The number of sulfonamides is 1.